The number of hydrogen-bond donors (Lipinski definition) is 1. The number of likely N-dealkylation sites (tertiary alicyclic amines) is 1. The minimum Gasteiger partial charge on any atom is -0.342 e. The Labute approximate surface area is 150 Å². The molecule has 0 spiro atoms. The van der Waals surface area contributed by atoms with E-state index >= 15 is 0 Å². The van der Waals surface area contributed by atoms with Gasteiger partial charge >= 0.3 is 0 Å². The Kier molecular flexibility index (Phi) is 4.87. The second-order valence-electron chi connectivity index (χ2n) is 8.03. The van der Waals surface area contributed by atoms with E-state index in [2.05, 4.69) is 20.8 Å². The average molecular weight is 343 g/mol. The molecule has 2 heterocycles. The van der Waals surface area contributed by atoms with Crippen LogP contribution in [0.3, 0.4) is 0 Å². The predicted molar refractivity (Wildman–Crippen MR) is 99.2 cm³/mol. The number of piperidine rings is 1. The van der Waals surface area contributed by atoms with E-state index in [0.29, 0.717) is 26.1 Å². The molecule has 1 aromatic rings. The third kappa shape index (κ3) is 3.43. The molecule has 5 heteroatoms. The van der Waals surface area contributed by atoms with Gasteiger partial charge in [0.25, 0.3) is 0 Å². The predicted octanol–water partition coefficient (Wildman–Crippen LogP) is 2.19. The van der Waals surface area contributed by atoms with Crippen molar-refractivity contribution in [2.24, 2.45) is 17.1 Å². The minimum atomic E-state index is -0.248. The molecule has 3 rings (SSSR count). The molecule has 5 nitrogen and oxygen atoms in total. The number of nitrogens with two attached hydrogens (primary N) is 1. The molecule has 0 bridgehead atoms. The van der Waals surface area contributed by atoms with Crippen molar-refractivity contribution in [2.45, 2.75) is 46.1 Å². The molecule has 2 N–H and O–H groups in total. The van der Waals surface area contributed by atoms with E-state index in [0.717, 1.165) is 24.1 Å². The largest absolute Gasteiger partial charge is 0.342 e. The SMILES string of the molecule is CCc1ccccc1N1CC(C(=O)N2CCC(N)C(C)(C)C2)CC1=O. The van der Waals surface area contributed by atoms with E-state index < -0.39 is 0 Å². The van der Waals surface area contributed by atoms with Gasteiger partial charge in [-0.15, -0.1) is 0 Å². The van der Waals surface area contributed by atoms with E-state index in [9.17, 15) is 9.59 Å². The second-order valence-corrected chi connectivity index (χ2v) is 8.03. The van der Waals surface area contributed by atoms with Crippen molar-refractivity contribution in [1.82, 2.24) is 4.90 Å². The van der Waals surface area contributed by atoms with Gasteiger partial charge in [0, 0.05) is 37.8 Å². The molecule has 2 fully saturated rings. The van der Waals surface area contributed by atoms with Gasteiger partial charge in [0.2, 0.25) is 11.8 Å². The van der Waals surface area contributed by atoms with Crippen molar-refractivity contribution >= 4 is 17.5 Å². The highest BCUT2D eigenvalue weighted by atomic mass is 16.2. The second kappa shape index (κ2) is 6.79. The first-order valence-corrected chi connectivity index (χ1v) is 9.26. The van der Waals surface area contributed by atoms with Gasteiger partial charge in [-0.25, -0.2) is 0 Å². The van der Waals surface area contributed by atoms with Crippen molar-refractivity contribution in [1.29, 1.82) is 0 Å². The molecular weight excluding hydrogens is 314 g/mol. The summed E-state index contributed by atoms with van der Waals surface area (Å²) in [5, 5.41) is 0. The van der Waals surface area contributed by atoms with Crippen LogP contribution < -0.4 is 10.6 Å². The maximum Gasteiger partial charge on any atom is 0.228 e. The van der Waals surface area contributed by atoms with Crippen LogP contribution >= 0.6 is 0 Å². The van der Waals surface area contributed by atoms with Crippen molar-refractivity contribution in [3.63, 3.8) is 0 Å². The van der Waals surface area contributed by atoms with Crippen molar-refractivity contribution < 1.29 is 9.59 Å². The van der Waals surface area contributed by atoms with Gasteiger partial charge in [-0.1, -0.05) is 39.0 Å². The Bertz CT molecular complexity index is 671. The fraction of sp³-hybridized carbons (Fsp3) is 0.600. The first-order valence-electron chi connectivity index (χ1n) is 9.26. The Morgan fingerprint density at radius 1 is 1.32 bits per heavy atom. The van der Waals surface area contributed by atoms with Gasteiger partial charge in [-0.2, -0.15) is 0 Å². The van der Waals surface area contributed by atoms with Crippen LogP contribution in [-0.4, -0.2) is 42.4 Å². The lowest BCUT2D eigenvalue weighted by molar-refractivity contribution is -0.139. The molecular formula is C20H29N3O2. The van der Waals surface area contributed by atoms with Gasteiger partial charge in [0.15, 0.2) is 0 Å². The highest BCUT2D eigenvalue weighted by Gasteiger charge is 2.41. The molecule has 0 saturated carbocycles. The highest BCUT2D eigenvalue weighted by Crippen LogP contribution is 2.32. The zero-order valence-electron chi connectivity index (χ0n) is 15.5. The quantitative estimate of drug-likeness (QED) is 0.915. The van der Waals surface area contributed by atoms with E-state index in [1.54, 1.807) is 4.90 Å². The number of rotatable bonds is 3. The van der Waals surface area contributed by atoms with Crippen LogP contribution in [0.4, 0.5) is 5.69 Å². The molecule has 2 atom stereocenters. The number of carbonyl (C=O) groups excluding carboxylic acids is 2. The average Bonchev–Trinajstić information content (AvgIpc) is 2.98. The third-order valence-electron chi connectivity index (χ3n) is 5.76. The van der Waals surface area contributed by atoms with Crippen LogP contribution in [-0.2, 0) is 16.0 Å². The fourth-order valence-electron chi connectivity index (χ4n) is 4.00. The zero-order chi connectivity index (χ0) is 18.2. The summed E-state index contributed by atoms with van der Waals surface area (Å²) in [5.41, 5.74) is 8.20. The molecule has 1 aromatic carbocycles. The Morgan fingerprint density at radius 3 is 2.72 bits per heavy atom. The van der Waals surface area contributed by atoms with Crippen LogP contribution in [0, 0.1) is 11.3 Å². The number of para-hydroxylation sites is 1. The number of anilines is 1. The molecule has 2 aliphatic heterocycles. The van der Waals surface area contributed by atoms with E-state index in [-0.39, 0.29) is 29.2 Å². The smallest absolute Gasteiger partial charge is 0.228 e. The minimum absolute atomic E-state index is 0.0484. The number of amides is 2. The van der Waals surface area contributed by atoms with Crippen molar-refractivity contribution in [3.05, 3.63) is 29.8 Å². The van der Waals surface area contributed by atoms with Gasteiger partial charge in [-0.05, 0) is 29.9 Å². The molecule has 2 amide bonds. The number of hydrogen-bond acceptors (Lipinski definition) is 3. The molecule has 2 aliphatic rings. The standard InChI is InChI=1S/C20H29N3O2/c1-4-14-7-5-6-8-16(14)23-12-15(11-18(23)24)19(25)22-10-9-17(21)20(2,3)13-22/h5-8,15,17H,4,9-13,21H2,1-3H3. The van der Waals surface area contributed by atoms with Crippen LogP contribution in [0.15, 0.2) is 24.3 Å². The van der Waals surface area contributed by atoms with Crippen molar-refractivity contribution in [3.8, 4) is 0 Å². The Morgan fingerprint density at radius 2 is 2.04 bits per heavy atom. The maximum absolute atomic E-state index is 13.0. The summed E-state index contributed by atoms with van der Waals surface area (Å²) in [7, 11) is 0. The third-order valence-corrected chi connectivity index (χ3v) is 5.76. The lowest BCUT2D eigenvalue weighted by Crippen LogP contribution is -2.55. The number of carbonyl (C=O) groups is 2. The van der Waals surface area contributed by atoms with Gasteiger partial charge < -0.3 is 15.5 Å². The zero-order valence-corrected chi connectivity index (χ0v) is 15.5. The Hall–Kier alpha value is -1.88. The molecule has 0 aliphatic carbocycles. The maximum atomic E-state index is 13.0. The Balaban J connectivity index is 1.73. The molecule has 136 valence electrons. The summed E-state index contributed by atoms with van der Waals surface area (Å²) in [5.74, 6) is -0.0976. The number of nitrogens with zero attached hydrogens (tertiary/aromatic N) is 2. The topological polar surface area (TPSA) is 66.6 Å². The molecule has 25 heavy (non-hydrogen) atoms. The summed E-state index contributed by atoms with van der Waals surface area (Å²) in [4.78, 5) is 29.2. The van der Waals surface area contributed by atoms with E-state index in [1.807, 2.05) is 29.2 Å². The first kappa shape index (κ1) is 17.9. The van der Waals surface area contributed by atoms with Crippen LogP contribution in [0.1, 0.15) is 39.2 Å². The monoisotopic (exact) mass is 343 g/mol. The molecule has 2 unspecified atom stereocenters. The van der Waals surface area contributed by atoms with Gasteiger partial charge in [-0.3, -0.25) is 9.59 Å². The molecule has 2 saturated heterocycles. The summed E-state index contributed by atoms with van der Waals surface area (Å²) in [6.07, 6.45) is 2.00. The summed E-state index contributed by atoms with van der Waals surface area (Å²) in [6, 6.07) is 8.09. The first-order chi connectivity index (χ1) is 11.8. The number of benzene rings is 1. The van der Waals surface area contributed by atoms with Gasteiger partial charge in [0.1, 0.15) is 0 Å². The molecule has 0 aromatic heterocycles. The lowest BCUT2D eigenvalue weighted by Gasteiger charge is -2.43. The summed E-state index contributed by atoms with van der Waals surface area (Å²) < 4.78 is 0. The van der Waals surface area contributed by atoms with E-state index in [4.69, 9.17) is 5.73 Å². The number of aryl methyl sites for hydroxylation is 1. The lowest BCUT2D eigenvalue weighted by atomic mass is 9.79. The molecule has 0 radical (unpaired) electrons. The summed E-state index contributed by atoms with van der Waals surface area (Å²) in [6.45, 7) is 8.16. The highest BCUT2D eigenvalue weighted by molar-refractivity contribution is 6.00. The summed E-state index contributed by atoms with van der Waals surface area (Å²) >= 11 is 0. The van der Waals surface area contributed by atoms with Crippen LogP contribution in [0.2, 0.25) is 0 Å². The van der Waals surface area contributed by atoms with Crippen LogP contribution in [0.25, 0.3) is 0 Å². The van der Waals surface area contributed by atoms with Crippen LogP contribution in [0.5, 0.6) is 0 Å². The fourth-order valence-corrected chi connectivity index (χ4v) is 4.00. The normalized spacial score (nSPS) is 26.2. The van der Waals surface area contributed by atoms with Crippen molar-refractivity contribution in [2.75, 3.05) is 24.5 Å². The van der Waals surface area contributed by atoms with E-state index in [1.165, 1.54) is 0 Å². The van der Waals surface area contributed by atoms with Gasteiger partial charge in [0.05, 0.1) is 5.92 Å².